The predicted octanol–water partition coefficient (Wildman–Crippen LogP) is 7.66. The van der Waals surface area contributed by atoms with Gasteiger partial charge in [-0.25, -0.2) is 13.6 Å². The number of aromatic carboxylic acids is 1. The molecule has 6 nitrogen and oxygen atoms in total. The first kappa shape index (κ1) is 31.4. The number of likely N-dealkylation sites (N-methyl/N-ethyl adjacent to an activating group) is 1. The zero-order valence-electron chi connectivity index (χ0n) is 23.6. The van der Waals surface area contributed by atoms with Crippen LogP contribution in [0.4, 0.5) is 14.5 Å². The average Bonchev–Trinajstić information content (AvgIpc) is 3.19. The van der Waals surface area contributed by atoms with E-state index < -0.39 is 46.9 Å². The van der Waals surface area contributed by atoms with Gasteiger partial charge in [-0.1, -0.05) is 69.1 Å². The van der Waals surface area contributed by atoms with E-state index >= 15 is 8.78 Å². The standard InChI is InChI=1S/C32H31Cl2F2N3O3/c1-5-39-25(16-31(2,3)4)32(17-37,22-14-11-19(33)15-24(22)35)26(21-7-6-8-23(34)27(21)36)28(39)29(40)38-20-12-9-18(10-13-20)30(41)42/h6-15,25-26,28H,5,16H2,1-4H3,(H,38,40)(H,41,42)/t25?,26-,28+,32-/m0/s1. The Morgan fingerprint density at radius 3 is 2.31 bits per heavy atom. The van der Waals surface area contributed by atoms with E-state index in [0.29, 0.717) is 12.1 Å². The Labute approximate surface area is 253 Å². The summed E-state index contributed by atoms with van der Waals surface area (Å²) >= 11 is 12.3. The molecule has 1 heterocycles. The largest absolute Gasteiger partial charge is 0.478 e. The summed E-state index contributed by atoms with van der Waals surface area (Å²) in [4.78, 5) is 27.4. The van der Waals surface area contributed by atoms with E-state index in [2.05, 4.69) is 11.4 Å². The minimum absolute atomic E-state index is 0.00702. The first-order valence-electron chi connectivity index (χ1n) is 13.5. The van der Waals surface area contributed by atoms with Crippen molar-refractivity contribution < 1.29 is 23.5 Å². The lowest BCUT2D eigenvalue weighted by molar-refractivity contribution is -0.121. The highest BCUT2D eigenvalue weighted by atomic mass is 35.5. The number of carbonyl (C=O) groups excluding carboxylic acids is 1. The Morgan fingerprint density at radius 2 is 1.76 bits per heavy atom. The lowest BCUT2D eigenvalue weighted by atomic mass is 9.62. The fourth-order valence-electron chi connectivity index (χ4n) is 6.15. The first-order valence-corrected chi connectivity index (χ1v) is 14.2. The van der Waals surface area contributed by atoms with Gasteiger partial charge in [-0.05, 0) is 66.4 Å². The molecule has 0 bridgehead atoms. The second-order valence-electron chi connectivity index (χ2n) is 11.7. The highest BCUT2D eigenvalue weighted by Gasteiger charge is 2.64. The molecule has 0 saturated carbocycles. The van der Waals surface area contributed by atoms with Gasteiger partial charge >= 0.3 is 5.97 Å². The quantitative estimate of drug-likeness (QED) is 0.285. The average molecular weight is 615 g/mol. The van der Waals surface area contributed by atoms with Gasteiger partial charge in [0.05, 0.1) is 22.7 Å². The minimum Gasteiger partial charge on any atom is -0.478 e. The number of hydrogen-bond acceptors (Lipinski definition) is 4. The zero-order valence-corrected chi connectivity index (χ0v) is 25.1. The number of rotatable bonds is 7. The number of amides is 1. The molecule has 4 rings (SSSR count). The van der Waals surface area contributed by atoms with Crippen LogP contribution in [0.3, 0.4) is 0 Å². The number of benzene rings is 3. The topological polar surface area (TPSA) is 93.4 Å². The molecule has 3 aromatic carbocycles. The van der Waals surface area contributed by atoms with Crippen molar-refractivity contribution in [1.29, 1.82) is 5.26 Å². The van der Waals surface area contributed by atoms with E-state index in [-0.39, 0.29) is 38.7 Å². The molecule has 1 unspecified atom stereocenters. The van der Waals surface area contributed by atoms with E-state index in [0.717, 1.165) is 6.07 Å². The van der Waals surface area contributed by atoms with Crippen LogP contribution in [-0.2, 0) is 10.2 Å². The highest BCUT2D eigenvalue weighted by Crippen LogP contribution is 2.56. The molecule has 0 spiro atoms. The molecule has 1 saturated heterocycles. The number of anilines is 1. The van der Waals surface area contributed by atoms with E-state index in [1.165, 1.54) is 54.6 Å². The molecule has 1 amide bonds. The van der Waals surface area contributed by atoms with Crippen molar-refractivity contribution in [2.24, 2.45) is 5.41 Å². The molecule has 1 aliphatic heterocycles. The van der Waals surface area contributed by atoms with E-state index in [1.807, 2.05) is 32.6 Å². The summed E-state index contributed by atoms with van der Waals surface area (Å²) < 4.78 is 31.8. The van der Waals surface area contributed by atoms with E-state index in [4.69, 9.17) is 23.2 Å². The van der Waals surface area contributed by atoms with Gasteiger partial charge in [0, 0.05) is 28.2 Å². The summed E-state index contributed by atoms with van der Waals surface area (Å²) in [5.74, 6) is -4.41. The van der Waals surface area contributed by atoms with Crippen LogP contribution in [0, 0.1) is 28.4 Å². The van der Waals surface area contributed by atoms with Gasteiger partial charge in [-0.15, -0.1) is 0 Å². The van der Waals surface area contributed by atoms with Crippen LogP contribution in [0.5, 0.6) is 0 Å². The second kappa shape index (κ2) is 12.0. The number of hydrogen-bond donors (Lipinski definition) is 2. The number of nitrogens with zero attached hydrogens (tertiary/aromatic N) is 2. The maximum absolute atomic E-state index is 15.9. The summed E-state index contributed by atoms with van der Waals surface area (Å²) in [5.41, 5.74) is -1.75. The maximum atomic E-state index is 15.9. The van der Waals surface area contributed by atoms with Gasteiger partial charge in [0.2, 0.25) is 5.91 Å². The number of halogens is 4. The van der Waals surface area contributed by atoms with Crippen molar-refractivity contribution in [1.82, 2.24) is 4.90 Å². The van der Waals surface area contributed by atoms with Crippen LogP contribution in [0.1, 0.15) is 61.5 Å². The summed E-state index contributed by atoms with van der Waals surface area (Å²) in [5, 5.41) is 23.1. The number of nitrogens with one attached hydrogen (secondary N) is 1. The molecule has 3 aromatic rings. The number of carboxylic acids is 1. The molecule has 4 atom stereocenters. The lowest BCUT2D eigenvalue weighted by Crippen LogP contribution is -2.47. The molecule has 0 aliphatic carbocycles. The van der Waals surface area contributed by atoms with Crippen LogP contribution in [0.15, 0.2) is 60.7 Å². The molecule has 2 N–H and O–H groups in total. The normalized spacial score (nSPS) is 22.5. The molecule has 42 heavy (non-hydrogen) atoms. The Hall–Kier alpha value is -3.51. The molecular weight excluding hydrogens is 583 g/mol. The second-order valence-corrected chi connectivity index (χ2v) is 12.5. The smallest absolute Gasteiger partial charge is 0.335 e. The van der Waals surface area contributed by atoms with E-state index in [9.17, 15) is 20.0 Å². The van der Waals surface area contributed by atoms with Crippen molar-refractivity contribution in [3.63, 3.8) is 0 Å². The molecule has 0 aromatic heterocycles. The van der Waals surface area contributed by atoms with Crippen molar-refractivity contribution in [3.8, 4) is 6.07 Å². The van der Waals surface area contributed by atoms with Crippen molar-refractivity contribution >= 4 is 40.8 Å². The van der Waals surface area contributed by atoms with Gasteiger partial charge in [0.25, 0.3) is 0 Å². The van der Waals surface area contributed by atoms with Crippen LogP contribution in [-0.4, -0.2) is 40.5 Å². The molecule has 220 valence electrons. The van der Waals surface area contributed by atoms with E-state index in [1.54, 1.807) is 0 Å². The molecular formula is C32H31Cl2F2N3O3. The van der Waals surface area contributed by atoms with Crippen molar-refractivity contribution in [2.45, 2.75) is 57.5 Å². The maximum Gasteiger partial charge on any atom is 0.335 e. The Morgan fingerprint density at radius 1 is 1.10 bits per heavy atom. The third-order valence-electron chi connectivity index (χ3n) is 7.81. The van der Waals surface area contributed by atoms with Crippen LogP contribution < -0.4 is 5.32 Å². The first-order chi connectivity index (χ1) is 19.7. The Bertz CT molecular complexity index is 1550. The summed E-state index contributed by atoms with van der Waals surface area (Å²) in [7, 11) is 0. The van der Waals surface area contributed by atoms with Crippen LogP contribution in [0.2, 0.25) is 10.0 Å². The molecule has 0 radical (unpaired) electrons. The third kappa shape index (κ3) is 5.74. The summed E-state index contributed by atoms with van der Waals surface area (Å²) in [6.07, 6.45) is 0.367. The van der Waals surface area contributed by atoms with Gasteiger partial charge in [-0.2, -0.15) is 5.26 Å². The summed E-state index contributed by atoms with van der Waals surface area (Å²) in [6.45, 7) is 8.05. The SMILES string of the molecule is CCN1C(CC(C)(C)C)[C@](C#N)(c2ccc(Cl)cc2F)[C@@H](c2cccc(Cl)c2F)[C@@H]1C(=O)Nc1ccc(C(=O)O)cc1. The van der Waals surface area contributed by atoms with Crippen molar-refractivity contribution in [3.05, 3.63) is 99.0 Å². The van der Waals surface area contributed by atoms with Crippen molar-refractivity contribution in [2.75, 3.05) is 11.9 Å². The zero-order chi connectivity index (χ0) is 31.0. The fraction of sp³-hybridized carbons (Fsp3) is 0.344. The van der Waals surface area contributed by atoms with Gasteiger partial charge in [0.15, 0.2) is 0 Å². The summed E-state index contributed by atoms with van der Waals surface area (Å²) in [6, 6.07) is 14.5. The fourth-order valence-corrected chi connectivity index (χ4v) is 6.49. The Balaban J connectivity index is 2.01. The lowest BCUT2D eigenvalue weighted by Gasteiger charge is -2.39. The number of nitriles is 1. The number of likely N-dealkylation sites (tertiary alicyclic amines) is 1. The number of carbonyl (C=O) groups is 2. The van der Waals surface area contributed by atoms with Gasteiger partial charge in [-0.3, -0.25) is 9.69 Å². The van der Waals surface area contributed by atoms with Gasteiger partial charge < -0.3 is 10.4 Å². The Kier molecular flexibility index (Phi) is 8.98. The van der Waals surface area contributed by atoms with Crippen LogP contribution in [0.25, 0.3) is 0 Å². The number of carboxylic acid groups (broad SMARTS) is 1. The highest BCUT2D eigenvalue weighted by molar-refractivity contribution is 6.31. The molecule has 1 fully saturated rings. The minimum atomic E-state index is -1.74. The van der Waals surface area contributed by atoms with Gasteiger partial charge in [0.1, 0.15) is 17.0 Å². The van der Waals surface area contributed by atoms with Crippen LogP contribution >= 0.6 is 23.2 Å². The third-order valence-corrected chi connectivity index (χ3v) is 8.33. The predicted molar refractivity (Wildman–Crippen MR) is 159 cm³/mol. The molecule has 1 aliphatic rings. The monoisotopic (exact) mass is 613 g/mol. The molecule has 10 heteroatoms.